The van der Waals surface area contributed by atoms with E-state index in [-0.39, 0.29) is 11.9 Å². The van der Waals surface area contributed by atoms with Gasteiger partial charge in [-0.05, 0) is 44.7 Å². The summed E-state index contributed by atoms with van der Waals surface area (Å²) in [5.74, 6) is 0.0380. The van der Waals surface area contributed by atoms with Crippen LogP contribution >= 0.6 is 11.3 Å². The van der Waals surface area contributed by atoms with Crippen molar-refractivity contribution < 1.29 is 4.79 Å². The summed E-state index contributed by atoms with van der Waals surface area (Å²) in [5, 5.41) is 0.916. The highest BCUT2D eigenvalue weighted by Gasteiger charge is 2.32. The summed E-state index contributed by atoms with van der Waals surface area (Å²) in [6.45, 7) is 4.81. The lowest BCUT2D eigenvalue weighted by Crippen LogP contribution is -2.45. The molecule has 1 fully saturated rings. The second kappa shape index (κ2) is 8.23. The molecule has 6 nitrogen and oxygen atoms in total. The third-order valence-electron chi connectivity index (χ3n) is 6.06. The SMILES string of the molecule is Cc1nc(C(=O)N2CCCC[C@H]2Cc2nc3ccncn3c2C)c(-c2ccccc2)s1. The van der Waals surface area contributed by atoms with Crippen LogP contribution in [0.4, 0.5) is 0 Å². The molecule has 0 radical (unpaired) electrons. The first-order valence-electron chi connectivity index (χ1n) is 10.7. The van der Waals surface area contributed by atoms with Crippen molar-refractivity contribution in [3.8, 4) is 10.4 Å². The molecular weight excluding hydrogens is 406 g/mol. The molecule has 1 saturated heterocycles. The van der Waals surface area contributed by atoms with Crippen molar-refractivity contribution in [1.29, 1.82) is 0 Å². The lowest BCUT2D eigenvalue weighted by molar-refractivity contribution is 0.0607. The van der Waals surface area contributed by atoms with Crippen LogP contribution in [0, 0.1) is 13.8 Å². The van der Waals surface area contributed by atoms with E-state index in [2.05, 4.69) is 16.9 Å². The minimum Gasteiger partial charge on any atom is -0.334 e. The Kier molecular flexibility index (Phi) is 5.28. The van der Waals surface area contributed by atoms with E-state index >= 15 is 0 Å². The van der Waals surface area contributed by atoms with Gasteiger partial charge in [0, 0.05) is 30.9 Å². The third kappa shape index (κ3) is 3.74. The van der Waals surface area contributed by atoms with Crippen LogP contribution in [-0.4, -0.2) is 42.7 Å². The van der Waals surface area contributed by atoms with Gasteiger partial charge < -0.3 is 4.90 Å². The Bertz CT molecular complexity index is 1230. The number of carbonyl (C=O) groups excluding carboxylic acids is 1. The fourth-order valence-electron chi connectivity index (χ4n) is 4.45. The summed E-state index contributed by atoms with van der Waals surface area (Å²) in [7, 11) is 0. The number of aromatic nitrogens is 4. The molecule has 0 N–H and O–H groups in total. The van der Waals surface area contributed by atoms with Gasteiger partial charge in [-0.25, -0.2) is 15.0 Å². The van der Waals surface area contributed by atoms with Gasteiger partial charge in [0.25, 0.3) is 5.91 Å². The molecule has 0 bridgehead atoms. The molecule has 1 aliphatic heterocycles. The second-order valence-electron chi connectivity index (χ2n) is 8.08. The summed E-state index contributed by atoms with van der Waals surface area (Å²) >= 11 is 1.59. The summed E-state index contributed by atoms with van der Waals surface area (Å²) in [6, 6.07) is 12.1. The van der Waals surface area contributed by atoms with Crippen molar-refractivity contribution in [3.63, 3.8) is 0 Å². The number of amides is 1. The highest BCUT2D eigenvalue weighted by Crippen LogP contribution is 2.32. The molecule has 0 saturated carbocycles. The lowest BCUT2D eigenvalue weighted by atomic mass is 9.96. The fourth-order valence-corrected chi connectivity index (χ4v) is 5.37. The van der Waals surface area contributed by atoms with Crippen LogP contribution in [0.25, 0.3) is 16.1 Å². The molecule has 3 aromatic heterocycles. The summed E-state index contributed by atoms with van der Waals surface area (Å²) in [4.78, 5) is 30.4. The Morgan fingerprint density at radius 2 is 1.97 bits per heavy atom. The number of nitrogens with zero attached hydrogens (tertiary/aromatic N) is 5. The zero-order valence-corrected chi connectivity index (χ0v) is 18.6. The van der Waals surface area contributed by atoms with Crippen LogP contribution in [0.2, 0.25) is 0 Å². The quantitative estimate of drug-likeness (QED) is 0.470. The van der Waals surface area contributed by atoms with Crippen molar-refractivity contribution >= 4 is 22.9 Å². The number of rotatable bonds is 4. The molecular formula is C24H25N5OS. The maximum Gasteiger partial charge on any atom is 0.274 e. The van der Waals surface area contributed by atoms with E-state index in [9.17, 15) is 4.79 Å². The maximum atomic E-state index is 13.7. The number of imidazole rings is 1. The van der Waals surface area contributed by atoms with Crippen LogP contribution in [0.15, 0.2) is 48.9 Å². The standard InChI is InChI=1S/C24H25N5OS/c1-16-20(27-21-11-12-25-15-29(16)21)14-19-10-6-7-13-28(19)24(30)22-23(31-17(2)26-22)18-8-4-3-5-9-18/h3-5,8-9,11-12,15,19H,6-7,10,13-14H2,1-2H3/t19-/m0/s1. The van der Waals surface area contributed by atoms with Gasteiger partial charge in [-0.1, -0.05) is 30.3 Å². The minimum absolute atomic E-state index is 0.0380. The number of carbonyl (C=O) groups is 1. The van der Waals surface area contributed by atoms with Crippen molar-refractivity contribution in [2.24, 2.45) is 0 Å². The topological polar surface area (TPSA) is 63.4 Å². The summed E-state index contributed by atoms with van der Waals surface area (Å²) < 4.78 is 2.02. The molecule has 1 aromatic carbocycles. The minimum atomic E-state index is 0.0380. The molecule has 1 amide bonds. The Labute approximate surface area is 185 Å². The Balaban J connectivity index is 1.46. The predicted molar refractivity (Wildman–Crippen MR) is 122 cm³/mol. The number of hydrogen-bond donors (Lipinski definition) is 0. The first-order valence-corrected chi connectivity index (χ1v) is 11.5. The number of benzene rings is 1. The monoisotopic (exact) mass is 431 g/mol. The van der Waals surface area contributed by atoms with Crippen molar-refractivity contribution in [2.45, 2.75) is 45.6 Å². The molecule has 158 valence electrons. The summed E-state index contributed by atoms with van der Waals surface area (Å²) in [5.41, 5.74) is 4.66. The number of likely N-dealkylation sites (tertiary alicyclic amines) is 1. The Hall–Kier alpha value is -3.06. The van der Waals surface area contributed by atoms with Crippen LogP contribution in [0.3, 0.4) is 0 Å². The highest BCUT2D eigenvalue weighted by atomic mass is 32.1. The van der Waals surface area contributed by atoms with Gasteiger partial charge in [0.15, 0.2) is 0 Å². The molecule has 0 aliphatic carbocycles. The van der Waals surface area contributed by atoms with Gasteiger partial charge in [-0.15, -0.1) is 11.3 Å². The van der Waals surface area contributed by atoms with Crippen LogP contribution < -0.4 is 0 Å². The van der Waals surface area contributed by atoms with E-state index in [4.69, 9.17) is 4.98 Å². The largest absolute Gasteiger partial charge is 0.334 e. The van der Waals surface area contributed by atoms with Gasteiger partial charge in [0.2, 0.25) is 0 Å². The molecule has 31 heavy (non-hydrogen) atoms. The molecule has 0 spiro atoms. The Morgan fingerprint density at radius 3 is 2.77 bits per heavy atom. The van der Waals surface area contributed by atoms with E-state index in [0.717, 1.165) is 64.7 Å². The number of piperidine rings is 1. The van der Waals surface area contributed by atoms with Crippen LogP contribution in [-0.2, 0) is 6.42 Å². The molecule has 1 aliphatic rings. The Morgan fingerprint density at radius 1 is 1.13 bits per heavy atom. The fraction of sp³-hybridized carbons (Fsp3) is 0.333. The molecule has 5 rings (SSSR count). The first-order chi connectivity index (χ1) is 15.1. The smallest absolute Gasteiger partial charge is 0.274 e. The highest BCUT2D eigenvalue weighted by molar-refractivity contribution is 7.15. The van der Waals surface area contributed by atoms with E-state index < -0.39 is 0 Å². The zero-order chi connectivity index (χ0) is 21.4. The molecule has 1 atom stereocenters. The van der Waals surface area contributed by atoms with Gasteiger partial charge in [0.05, 0.1) is 15.6 Å². The zero-order valence-electron chi connectivity index (χ0n) is 17.8. The van der Waals surface area contributed by atoms with Gasteiger partial charge >= 0.3 is 0 Å². The van der Waals surface area contributed by atoms with Gasteiger partial charge in [-0.3, -0.25) is 9.20 Å². The van der Waals surface area contributed by atoms with E-state index in [1.165, 1.54) is 0 Å². The summed E-state index contributed by atoms with van der Waals surface area (Å²) in [6.07, 6.45) is 7.46. The van der Waals surface area contributed by atoms with Crippen molar-refractivity contribution in [3.05, 3.63) is 71.0 Å². The molecule has 0 unspecified atom stereocenters. The number of hydrogen-bond acceptors (Lipinski definition) is 5. The average Bonchev–Trinajstić information content (AvgIpc) is 3.34. The second-order valence-corrected chi connectivity index (χ2v) is 9.28. The average molecular weight is 432 g/mol. The predicted octanol–water partition coefficient (Wildman–Crippen LogP) is 4.71. The molecule has 4 aromatic rings. The van der Waals surface area contributed by atoms with Crippen molar-refractivity contribution in [1.82, 2.24) is 24.3 Å². The van der Waals surface area contributed by atoms with Crippen LogP contribution in [0.1, 0.15) is 46.1 Å². The number of aryl methyl sites for hydroxylation is 2. The van der Waals surface area contributed by atoms with Gasteiger partial charge in [-0.2, -0.15) is 0 Å². The third-order valence-corrected chi connectivity index (χ3v) is 7.08. The first kappa shape index (κ1) is 19.9. The lowest BCUT2D eigenvalue weighted by Gasteiger charge is -2.35. The van der Waals surface area contributed by atoms with E-state index in [1.807, 2.05) is 52.6 Å². The maximum absolute atomic E-state index is 13.7. The normalized spacial score (nSPS) is 16.7. The number of fused-ring (bicyclic) bond motifs is 1. The number of thiazole rings is 1. The van der Waals surface area contributed by atoms with Crippen LogP contribution in [0.5, 0.6) is 0 Å². The van der Waals surface area contributed by atoms with Crippen molar-refractivity contribution in [2.75, 3.05) is 6.54 Å². The van der Waals surface area contributed by atoms with Gasteiger partial charge in [0.1, 0.15) is 17.7 Å². The van der Waals surface area contributed by atoms with E-state index in [1.54, 1.807) is 23.9 Å². The van der Waals surface area contributed by atoms with E-state index in [0.29, 0.717) is 5.69 Å². The molecule has 4 heterocycles. The molecule has 7 heteroatoms.